The van der Waals surface area contributed by atoms with E-state index in [1.165, 1.54) is 18.2 Å². The van der Waals surface area contributed by atoms with Crippen LogP contribution in [0.25, 0.3) is 10.9 Å². The van der Waals surface area contributed by atoms with Crippen molar-refractivity contribution in [3.8, 4) is 5.75 Å². The minimum atomic E-state index is -0.986. The zero-order valence-corrected chi connectivity index (χ0v) is 10.4. The van der Waals surface area contributed by atoms with Crippen molar-refractivity contribution < 1.29 is 19.6 Å². The largest absolute Gasteiger partial charge is 0.506 e. The molecular formula is C12H10N2O6. The molecule has 2 rings (SSSR count). The summed E-state index contributed by atoms with van der Waals surface area (Å²) in [6, 6.07) is 3.88. The van der Waals surface area contributed by atoms with Gasteiger partial charge in [-0.05, 0) is 13.0 Å². The summed E-state index contributed by atoms with van der Waals surface area (Å²) in [5, 5.41) is 20.9. The van der Waals surface area contributed by atoms with Crippen molar-refractivity contribution in [2.75, 3.05) is 6.61 Å². The molecule has 104 valence electrons. The average molecular weight is 278 g/mol. The van der Waals surface area contributed by atoms with Gasteiger partial charge in [-0.3, -0.25) is 14.9 Å². The number of carbonyl (C=O) groups excluding carboxylic acids is 1. The molecule has 0 saturated carbocycles. The Balaban J connectivity index is 2.81. The van der Waals surface area contributed by atoms with E-state index in [1.807, 2.05) is 0 Å². The van der Waals surface area contributed by atoms with Crippen LogP contribution in [0.4, 0.5) is 5.69 Å². The number of non-ortho nitro benzene ring substituents is 1. The molecule has 1 heterocycles. The maximum atomic E-state index is 11.8. The highest BCUT2D eigenvalue weighted by molar-refractivity contribution is 6.01. The first-order chi connectivity index (χ1) is 9.47. The molecule has 2 N–H and O–H groups in total. The standard InChI is InChI=1S/C12H10N2O6/c1-2-20-12(17)8-10(15)6-4-3-5-7(14(18)19)9(6)13-11(8)16/h3-5H,2H2,1H3,(H2,13,15,16). The maximum absolute atomic E-state index is 11.8. The number of carbonyl (C=O) groups is 1. The topological polar surface area (TPSA) is 123 Å². The average Bonchev–Trinajstić information content (AvgIpc) is 2.38. The van der Waals surface area contributed by atoms with Crippen LogP contribution >= 0.6 is 0 Å². The maximum Gasteiger partial charge on any atom is 0.347 e. The highest BCUT2D eigenvalue weighted by atomic mass is 16.6. The number of hydrogen-bond donors (Lipinski definition) is 2. The van der Waals surface area contributed by atoms with E-state index in [4.69, 9.17) is 0 Å². The third-order valence-electron chi connectivity index (χ3n) is 2.68. The number of aromatic amines is 1. The number of nitrogens with zero attached hydrogens (tertiary/aromatic N) is 1. The summed E-state index contributed by atoms with van der Waals surface area (Å²) in [5.74, 6) is -1.62. The predicted octanol–water partition coefficient (Wildman–Crippen LogP) is 1.32. The van der Waals surface area contributed by atoms with Gasteiger partial charge in [0, 0.05) is 11.5 Å². The van der Waals surface area contributed by atoms with Crippen LogP contribution in [0.5, 0.6) is 5.75 Å². The van der Waals surface area contributed by atoms with Crippen LogP contribution in [-0.2, 0) is 4.74 Å². The summed E-state index contributed by atoms with van der Waals surface area (Å²) in [6.07, 6.45) is 0. The van der Waals surface area contributed by atoms with Gasteiger partial charge in [-0.1, -0.05) is 6.07 Å². The van der Waals surface area contributed by atoms with Crippen molar-refractivity contribution >= 4 is 22.6 Å². The monoisotopic (exact) mass is 278 g/mol. The van der Waals surface area contributed by atoms with Crippen molar-refractivity contribution in [1.82, 2.24) is 4.98 Å². The number of rotatable bonds is 3. The number of pyridine rings is 1. The second-order valence-electron chi connectivity index (χ2n) is 3.86. The minimum Gasteiger partial charge on any atom is -0.506 e. The SMILES string of the molecule is CCOC(=O)c1c(O)c2cccc([N+](=O)[O-])c2[nH]c1=O. The Bertz CT molecular complexity index is 764. The van der Waals surface area contributed by atoms with Crippen LogP contribution in [0, 0.1) is 10.1 Å². The van der Waals surface area contributed by atoms with Gasteiger partial charge in [0.1, 0.15) is 11.3 Å². The normalized spacial score (nSPS) is 10.4. The van der Waals surface area contributed by atoms with Crippen molar-refractivity contribution in [3.63, 3.8) is 0 Å². The number of hydrogen-bond acceptors (Lipinski definition) is 6. The van der Waals surface area contributed by atoms with Crippen molar-refractivity contribution in [2.24, 2.45) is 0 Å². The molecule has 2 aromatic rings. The molecule has 0 aliphatic rings. The molecular weight excluding hydrogens is 268 g/mol. The number of H-pyrrole nitrogens is 1. The number of aromatic hydroxyl groups is 1. The van der Waals surface area contributed by atoms with Crippen LogP contribution in [0.15, 0.2) is 23.0 Å². The molecule has 0 spiro atoms. The lowest BCUT2D eigenvalue weighted by atomic mass is 10.1. The fourth-order valence-electron chi connectivity index (χ4n) is 1.83. The molecule has 0 amide bonds. The van der Waals surface area contributed by atoms with Crippen LogP contribution in [0.1, 0.15) is 17.3 Å². The van der Waals surface area contributed by atoms with Crippen molar-refractivity contribution in [2.45, 2.75) is 6.92 Å². The summed E-state index contributed by atoms with van der Waals surface area (Å²) >= 11 is 0. The fourth-order valence-corrected chi connectivity index (χ4v) is 1.83. The molecule has 1 aromatic heterocycles. The van der Waals surface area contributed by atoms with Crippen LogP contribution in [0.3, 0.4) is 0 Å². The predicted molar refractivity (Wildman–Crippen MR) is 68.8 cm³/mol. The molecule has 20 heavy (non-hydrogen) atoms. The number of esters is 1. The van der Waals surface area contributed by atoms with Gasteiger partial charge >= 0.3 is 5.97 Å². The second-order valence-corrected chi connectivity index (χ2v) is 3.86. The van der Waals surface area contributed by atoms with Gasteiger partial charge in [0.25, 0.3) is 11.2 Å². The first-order valence-electron chi connectivity index (χ1n) is 5.66. The summed E-state index contributed by atoms with van der Waals surface area (Å²) in [7, 11) is 0. The molecule has 8 heteroatoms. The Morgan fingerprint density at radius 3 is 2.80 bits per heavy atom. The molecule has 0 bridgehead atoms. The van der Waals surface area contributed by atoms with E-state index in [-0.39, 0.29) is 23.2 Å². The summed E-state index contributed by atoms with van der Waals surface area (Å²) in [6.45, 7) is 1.58. The first-order valence-corrected chi connectivity index (χ1v) is 5.66. The summed E-state index contributed by atoms with van der Waals surface area (Å²) in [5.41, 5.74) is -2.03. The van der Waals surface area contributed by atoms with E-state index in [9.17, 15) is 24.8 Å². The number of aromatic nitrogens is 1. The highest BCUT2D eigenvalue weighted by Gasteiger charge is 2.23. The second kappa shape index (κ2) is 5.00. The fraction of sp³-hybridized carbons (Fsp3) is 0.167. The summed E-state index contributed by atoms with van der Waals surface area (Å²) in [4.78, 5) is 35.8. The van der Waals surface area contributed by atoms with E-state index in [0.717, 1.165) is 0 Å². The Labute approximate surface area is 111 Å². The van der Waals surface area contributed by atoms with Crippen molar-refractivity contribution in [3.05, 3.63) is 44.2 Å². The first kappa shape index (κ1) is 13.5. The molecule has 0 unspecified atom stereocenters. The Morgan fingerprint density at radius 2 is 2.20 bits per heavy atom. The molecule has 0 aliphatic heterocycles. The van der Waals surface area contributed by atoms with Crippen LogP contribution in [0.2, 0.25) is 0 Å². The van der Waals surface area contributed by atoms with Gasteiger partial charge in [0.2, 0.25) is 0 Å². The number of nitro benzene ring substituents is 1. The molecule has 8 nitrogen and oxygen atoms in total. The van der Waals surface area contributed by atoms with Crippen LogP contribution < -0.4 is 5.56 Å². The zero-order chi connectivity index (χ0) is 14.9. The molecule has 0 saturated heterocycles. The lowest BCUT2D eigenvalue weighted by Gasteiger charge is -2.06. The Morgan fingerprint density at radius 1 is 1.50 bits per heavy atom. The van der Waals surface area contributed by atoms with E-state index in [0.29, 0.717) is 0 Å². The van der Waals surface area contributed by atoms with Gasteiger partial charge in [-0.2, -0.15) is 0 Å². The lowest BCUT2D eigenvalue weighted by Crippen LogP contribution is -2.20. The van der Waals surface area contributed by atoms with E-state index < -0.39 is 27.8 Å². The molecule has 0 radical (unpaired) electrons. The number of fused-ring (bicyclic) bond motifs is 1. The summed E-state index contributed by atoms with van der Waals surface area (Å²) < 4.78 is 4.66. The number of benzene rings is 1. The van der Waals surface area contributed by atoms with Crippen molar-refractivity contribution in [1.29, 1.82) is 0 Å². The van der Waals surface area contributed by atoms with Gasteiger partial charge in [0.05, 0.1) is 11.5 Å². The number of nitro groups is 1. The quantitative estimate of drug-likeness (QED) is 0.496. The lowest BCUT2D eigenvalue weighted by molar-refractivity contribution is -0.383. The minimum absolute atomic E-state index is 0.00172. The van der Waals surface area contributed by atoms with Gasteiger partial charge in [0.15, 0.2) is 5.56 Å². The van der Waals surface area contributed by atoms with E-state index >= 15 is 0 Å². The smallest absolute Gasteiger partial charge is 0.347 e. The Kier molecular flexibility index (Phi) is 3.38. The third kappa shape index (κ3) is 2.07. The van der Waals surface area contributed by atoms with E-state index in [2.05, 4.69) is 9.72 Å². The Hall–Kier alpha value is -2.90. The highest BCUT2D eigenvalue weighted by Crippen LogP contribution is 2.30. The molecule has 0 aliphatic carbocycles. The van der Waals surface area contributed by atoms with Gasteiger partial charge in [-0.25, -0.2) is 4.79 Å². The molecule has 1 aromatic carbocycles. The number of nitrogens with one attached hydrogen (secondary N) is 1. The number of para-hydroxylation sites is 1. The van der Waals surface area contributed by atoms with E-state index in [1.54, 1.807) is 6.92 Å². The molecule has 0 atom stereocenters. The zero-order valence-electron chi connectivity index (χ0n) is 10.4. The number of ether oxygens (including phenoxy) is 1. The van der Waals surface area contributed by atoms with Gasteiger partial charge in [-0.15, -0.1) is 0 Å². The van der Waals surface area contributed by atoms with Gasteiger partial charge < -0.3 is 14.8 Å². The van der Waals surface area contributed by atoms with Crippen LogP contribution in [-0.4, -0.2) is 27.6 Å². The molecule has 0 fully saturated rings. The third-order valence-corrected chi connectivity index (χ3v) is 2.68.